The minimum absolute atomic E-state index is 0.279. The minimum Gasteiger partial charge on any atom is -0.324 e. The number of amides is 1. The predicted molar refractivity (Wildman–Crippen MR) is 127 cm³/mol. The molecular weight excluding hydrogens is 414 g/mol. The first-order valence-electron chi connectivity index (χ1n) is 10.1. The Balaban J connectivity index is 1.77. The SMILES string of the molecule is Cc1cc(/C=C/C#N)cc(C)c1N1C=CC(=O)Nc2cnc(Nc3ccc(C#N)cc3)nc21. The van der Waals surface area contributed by atoms with Crippen LogP contribution in [0.15, 0.2) is 60.9 Å². The van der Waals surface area contributed by atoms with Gasteiger partial charge in [-0.1, -0.05) is 0 Å². The van der Waals surface area contributed by atoms with E-state index in [1.165, 1.54) is 12.2 Å². The Morgan fingerprint density at radius 1 is 1.12 bits per heavy atom. The molecule has 0 aliphatic carbocycles. The second-order valence-electron chi connectivity index (χ2n) is 7.39. The molecule has 4 rings (SSSR count). The van der Waals surface area contributed by atoms with Crippen LogP contribution in [0.5, 0.6) is 0 Å². The third kappa shape index (κ3) is 4.55. The van der Waals surface area contributed by atoms with Crippen molar-refractivity contribution < 1.29 is 4.79 Å². The van der Waals surface area contributed by atoms with Crippen LogP contribution in [0.3, 0.4) is 0 Å². The van der Waals surface area contributed by atoms with Crippen molar-refractivity contribution in [2.75, 3.05) is 15.5 Å². The molecule has 0 fully saturated rings. The number of rotatable bonds is 4. The Morgan fingerprint density at radius 2 is 1.85 bits per heavy atom. The Hall–Kier alpha value is -4.95. The fourth-order valence-corrected chi connectivity index (χ4v) is 3.63. The summed E-state index contributed by atoms with van der Waals surface area (Å²) in [5, 5.41) is 23.7. The third-order valence-electron chi connectivity index (χ3n) is 5.00. The number of fused-ring (bicyclic) bond motifs is 1. The third-order valence-corrected chi connectivity index (χ3v) is 5.00. The zero-order chi connectivity index (χ0) is 23.4. The van der Waals surface area contributed by atoms with E-state index in [1.54, 1.807) is 42.7 Å². The average Bonchev–Trinajstić information content (AvgIpc) is 2.96. The van der Waals surface area contributed by atoms with Gasteiger partial charge in [0.05, 0.1) is 29.6 Å². The van der Waals surface area contributed by atoms with Crippen LogP contribution in [-0.2, 0) is 4.79 Å². The molecule has 1 amide bonds. The van der Waals surface area contributed by atoms with E-state index in [0.29, 0.717) is 23.0 Å². The number of nitrogens with zero attached hydrogens (tertiary/aromatic N) is 5. The molecule has 0 atom stereocenters. The van der Waals surface area contributed by atoms with Crippen molar-refractivity contribution in [2.45, 2.75) is 13.8 Å². The fourth-order valence-electron chi connectivity index (χ4n) is 3.63. The molecule has 8 heteroatoms. The maximum atomic E-state index is 12.2. The smallest absolute Gasteiger partial charge is 0.249 e. The molecule has 3 aromatic rings. The first-order chi connectivity index (χ1) is 16.0. The van der Waals surface area contributed by atoms with E-state index in [2.05, 4.69) is 26.7 Å². The normalized spacial score (nSPS) is 12.5. The molecule has 2 heterocycles. The lowest BCUT2D eigenvalue weighted by molar-refractivity contribution is -0.111. The second-order valence-corrected chi connectivity index (χ2v) is 7.39. The summed E-state index contributed by atoms with van der Waals surface area (Å²) in [5.74, 6) is 0.575. The standard InChI is InChI=1S/C25H19N7O/c1-16-12-19(4-3-10-26)13-17(2)23(16)32-11-9-22(33)30-21-15-28-25(31-24(21)32)29-20-7-5-18(14-27)6-8-20/h3-9,11-13,15H,1-2H3,(H,30,33)(H,28,29,31)/b4-3+. The van der Waals surface area contributed by atoms with E-state index in [4.69, 9.17) is 10.5 Å². The maximum absolute atomic E-state index is 12.2. The van der Waals surface area contributed by atoms with Crippen LogP contribution in [-0.4, -0.2) is 15.9 Å². The number of carbonyl (C=O) groups excluding carboxylic acids is 1. The lowest BCUT2D eigenvalue weighted by Crippen LogP contribution is -2.15. The van der Waals surface area contributed by atoms with E-state index in [1.807, 2.05) is 36.9 Å². The van der Waals surface area contributed by atoms with Crippen molar-refractivity contribution in [1.29, 1.82) is 10.5 Å². The number of benzene rings is 2. The Kier molecular flexibility index (Phi) is 5.83. The summed E-state index contributed by atoms with van der Waals surface area (Å²) in [6.45, 7) is 3.94. The molecule has 1 aliphatic rings. The molecule has 2 N–H and O–H groups in total. The van der Waals surface area contributed by atoms with Gasteiger partial charge in [-0.15, -0.1) is 0 Å². The number of aromatic nitrogens is 2. The summed E-state index contributed by atoms with van der Waals surface area (Å²) >= 11 is 0. The summed E-state index contributed by atoms with van der Waals surface area (Å²) < 4.78 is 0. The number of allylic oxidation sites excluding steroid dienone is 1. The number of aryl methyl sites for hydroxylation is 2. The lowest BCUT2D eigenvalue weighted by Gasteiger charge is -2.25. The minimum atomic E-state index is -0.279. The number of nitriles is 2. The summed E-state index contributed by atoms with van der Waals surface area (Å²) in [5.41, 5.74) is 5.46. The molecule has 1 aliphatic heterocycles. The first kappa shape index (κ1) is 21.3. The van der Waals surface area contributed by atoms with Crippen LogP contribution in [0, 0.1) is 36.5 Å². The van der Waals surface area contributed by atoms with Crippen molar-refractivity contribution in [3.63, 3.8) is 0 Å². The molecule has 0 spiro atoms. The van der Waals surface area contributed by atoms with Gasteiger partial charge < -0.3 is 10.6 Å². The van der Waals surface area contributed by atoms with Crippen molar-refractivity contribution in [3.8, 4) is 12.1 Å². The molecule has 0 saturated heterocycles. The van der Waals surface area contributed by atoms with Crippen LogP contribution in [0.4, 0.5) is 28.8 Å². The number of hydrogen-bond donors (Lipinski definition) is 2. The molecule has 33 heavy (non-hydrogen) atoms. The van der Waals surface area contributed by atoms with E-state index in [-0.39, 0.29) is 5.91 Å². The Labute approximate surface area is 191 Å². The molecule has 0 bridgehead atoms. The monoisotopic (exact) mass is 433 g/mol. The Morgan fingerprint density at radius 3 is 2.52 bits per heavy atom. The number of anilines is 5. The zero-order valence-corrected chi connectivity index (χ0v) is 18.0. The van der Waals surface area contributed by atoms with Crippen molar-refractivity contribution in [1.82, 2.24) is 9.97 Å². The molecule has 0 radical (unpaired) electrons. The highest BCUT2D eigenvalue weighted by atomic mass is 16.1. The number of nitrogens with one attached hydrogen (secondary N) is 2. The van der Waals surface area contributed by atoms with Crippen molar-refractivity contribution in [3.05, 3.63) is 83.2 Å². The Bertz CT molecular complexity index is 1350. The van der Waals surface area contributed by atoms with Gasteiger partial charge in [-0.05, 0) is 73.0 Å². The zero-order valence-electron chi connectivity index (χ0n) is 18.0. The van der Waals surface area contributed by atoms with Gasteiger partial charge in [0, 0.05) is 24.0 Å². The van der Waals surface area contributed by atoms with Crippen molar-refractivity contribution in [2.24, 2.45) is 0 Å². The summed E-state index contributed by atoms with van der Waals surface area (Å²) in [4.78, 5) is 23.1. The van der Waals surface area contributed by atoms with Crippen molar-refractivity contribution >= 4 is 40.8 Å². The van der Waals surface area contributed by atoms with Crippen LogP contribution in [0.25, 0.3) is 6.08 Å². The summed E-state index contributed by atoms with van der Waals surface area (Å²) in [6.07, 6.45) is 7.87. The topological polar surface area (TPSA) is 118 Å². The van der Waals surface area contributed by atoms with E-state index in [0.717, 1.165) is 28.1 Å². The second kappa shape index (κ2) is 9.04. The molecular formula is C25H19N7O. The predicted octanol–water partition coefficient (Wildman–Crippen LogP) is 4.85. The molecule has 160 valence electrons. The van der Waals surface area contributed by atoms with E-state index < -0.39 is 0 Å². The highest BCUT2D eigenvalue weighted by molar-refractivity contribution is 6.04. The number of carbonyl (C=O) groups is 1. The average molecular weight is 433 g/mol. The van der Waals surface area contributed by atoms with E-state index >= 15 is 0 Å². The number of hydrogen-bond acceptors (Lipinski definition) is 7. The van der Waals surface area contributed by atoms with E-state index in [9.17, 15) is 4.79 Å². The summed E-state index contributed by atoms with van der Waals surface area (Å²) in [7, 11) is 0. The highest BCUT2D eigenvalue weighted by Crippen LogP contribution is 2.37. The first-order valence-corrected chi connectivity index (χ1v) is 10.1. The molecule has 0 saturated carbocycles. The van der Waals surface area contributed by atoms with Gasteiger partial charge in [0.25, 0.3) is 0 Å². The van der Waals surface area contributed by atoms with Crippen LogP contribution < -0.4 is 15.5 Å². The van der Waals surface area contributed by atoms with Gasteiger partial charge in [0.15, 0.2) is 5.82 Å². The molecule has 8 nitrogen and oxygen atoms in total. The largest absolute Gasteiger partial charge is 0.324 e. The van der Waals surface area contributed by atoms with Gasteiger partial charge in [-0.2, -0.15) is 15.5 Å². The summed E-state index contributed by atoms with van der Waals surface area (Å²) in [6, 6.07) is 15.0. The quantitative estimate of drug-likeness (QED) is 0.565. The molecule has 0 unspecified atom stereocenters. The van der Waals surface area contributed by atoms with Gasteiger partial charge in [-0.25, -0.2) is 4.98 Å². The highest BCUT2D eigenvalue weighted by Gasteiger charge is 2.22. The van der Waals surface area contributed by atoms with Crippen LogP contribution >= 0.6 is 0 Å². The molecule has 1 aromatic heterocycles. The van der Waals surface area contributed by atoms with Gasteiger partial charge >= 0.3 is 0 Å². The van der Waals surface area contributed by atoms with Gasteiger partial charge in [0.1, 0.15) is 5.69 Å². The maximum Gasteiger partial charge on any atom is 0.249 e. The van der Waals surface area contributed by atoms with Gasteiger partial charge in [-0.3, -0.25) is 9.69 Å². The molecule has 2 aromatic carbocycles. The van der Waals surface area contributed by atoms with Crippen LogP contribution in [0.2, 0.25) is 0 Å². The van der Waals surface area contributed by atoms with Crippen LogP contribution in [0.1, 0.15) is 22.3 Å². The lowest BCUT2D eigenvalue weighted by atomic mass is 10.0. The van der Waals surface area contributed by atoms with Gasteiger partial charge in [0.2, 0.25) is 11.9 Å². The fraction of sp³-hybridized carbons (Fsp3) is 0.0800.